The van der Waals surface area contributed by atoms with Gasteiger partial charge in [-0.1, -0.05) is 30.0 Å². The molecule has 1 N–H and O–H groups in total. The van der Waals surface area contributed by atoms with Gasteiger partial charge in [0.25, 0.3) is 0 Å². The van der Waals surface area contributed by atoms with Crippen molar-refractivity contribution in [1.29, 1.82) is 0 Å². The van der Waals surface area contributed by atoms with Crippen molar-refractivity contribution in [2.45, 2.75) is 6.18 Å². The van der Waals surface area contributed by atoms with E-state index in [4.69, 9.17) is 4.74 Å². The fourth-order valence-electron chi connectivity index (χ4n) is 1.79. The van der Waals surface area contributed by atoms with Crippen LogP contribution in [-0.4, -0.2) is 25.7 Å². The number of nitrogens with zero attached hydrogens (tertiary/aromatic N) is 1. The highest BCUT2D eigenvalue weighted by Crippen LogP contribution is 2.21. The zero-order valence-electron chi connectivity index (χ0n) is 12.9. The minimum atomic E-state index is -4.59. The second-order valence-electron chi connectivity index (χ2n) is 4.68. The molecule has 0 saturated heterocycles. The molecule has 2 rings (SSSR count). The van der Waals surface area contributed by atoms with Crippen LogP contribution >= 0.6 is 0 Å². The fourth-order valence-corrected chi connectivity index (χ4v) is 1.79. The van der Waals surface area contributed by atoms with Crippen molar-refractivity contribution < 1.29 is 17.9 Å². The maximum absolute atomic E-state index is 13.0. The molecule has 0 unspecified atom stereocenters. The summed E-state index contributed by atoms with van der Waals surface area (Å²) in [5.41, 5.74) is 0.993. The van der Waals surface area contributed by atoms with E-state index in [0.717, 1.165) is 5.56 Å². The van der Waals surface area contributed by atoms with E-state index in [1.54, 1.807) is 36.4 Å². The third-order valence-electron chi connectivity index (χ3n) is 2.94. The molecule has 0 bridgehead atoms. The number of amidine groups is 1. The normalized spacial score (nSPS) is 11.4. The van der Waals surface area contributed by atoms with Crippen LogP contribution in [-0.2, 0) is 0 Å². The van der Waals surface area contributed by atoms with Gasteiger partial charge in [-0.15, -0.1) is 0 Å². The van der Waals surface area contributed by atoms with Crippen LogP contribution in [0.1, 0.15) is 5.56 Å². The molecule has 0 atom stereocenters. The minimum absolute atomic E-state index is 0.257. The van der Waals surface area contributed by atoms with Gasteiger partial charge in [0.05, 0.1) is 7.11 Å². The van der Waals surface area contributed by atoms with E-state index < -0.39 is 12.0 Å². The van der Waals surface area contributed by atoms with Crippen LogP contribution in [0.15, 0.2) is 59.6 Å². The summed E-state index contributed by atoms with van der Waals surface area (Å²) >= 11 is 0. The van der Waals surface area contributed by atoms with E-state index in [2.05, 4.69) is 22.2 Å². The zero-order chi connectivity index (χ0) is 17.4. The van der Waals surface area contributed by atoms with Crippen molar-refractivity contribution in [2.75, 3.05) is 19.0 Å². The first-order valence-corrected chi connectivity index (χ1v) is 7.05. The molecule has 0 aliphatic rings. The molecule has 0 aliphatic carbocycles. The van der Waals surface area contributed by atoms with Crippen LogP contribution in [0.3, 0.4) is 0 Å². The van der Waals surface area contributed by atoms with Gasteiger partial charge < -0.3 is 10.1 Å². The Bertz CT molecular complexity index is 742. The van der Waals surface area contributed by atoms with Crippen LogP contribution in [0, 0.1) is 11.8 Å². The maximum Gasteiger partial charge on any atom is 0.449 e. The first-order chi connectivity index (χ1) is 11.5. The van der Waals surface area contributed by atoms with Crippen molar-refractivity contribution in [3.05, 3.63) is 60.2 Å². The average Bonchev–Trinajstić information content (AvgIpc) is 2.58. The van der Waals surface area contributed by atoms with Crippen LogP contribution < -0.4 is 10.1 Å². The number of nitrogens with one attached hydrogen (secondary N) is 1. The van der Waals surface area contributed by atoms with Gasteiger partial charge in [0, 0.05) is 11.3 Å². The van der Waals surface area contributed by atoms with Crippen molar-refractivity contribution in [2.24, 2.45) is 4.99 Å². The molecule has 0 amide bonds. The molecule has 2 aromatic carbocycles. The average molecular weight is 332 g/mol. The first kappa shape index (κ1) is 17.4. The zero-order valence-corrected chi connectivity index (χ0v) is 12.9. The topological polar surface area (TPSA) is 33.6 Å². The summed E-state index contributed by atoms with van der Waals surface area (Å²) in [6.07, 6.45) is -4.59. The number of anilines is 1. The molecular formula is C18H15F3N2O. The van der Waals surface area contributed by atoms with Crippen LogP contribution in [0.4, 0.5) is 18.9 Å². The number of halogens is 3. The highest BCUT2D eigenvalue weighted by molar-refractivity contribution is 5.99. The lowest BCUT2D eigenvalue weighted by molar-refractivity contribution is -0.0588. The highest BCUT2D eigenvalue weighted by Gasteiger charge is 2.35. The number of aliphatic imine (C=N–C) groups is 1. The summed E-state index contributed by atoms with van der Waals surface area (Å²) in [4.78, 5) is 3.52. The molecule has 6 heteroatoms. The standard InChI is InChI=1S/C18H15F3N2O/c1-24-16-11-9-15(10-12-16)23-17(18(19,20)21)22-13-5-8-14-6-3-2-4-7-14/h2-4,6-7,9-12H,13H2,1H3,(H,22,23). The summed E-state index contributed by atoms with van der Waals surface area (Å²) in [5, 5.41) is 2.27. The quantitative estimate of drug-likeness (QED) is 0.521. The summed E-state index contributed by atoms with van der Waals surface area (Å²) in [6.45, 7) is -0.257. The number of methoxy groups -OCH3 is 1. The summed E-state index contributed by atoms with van der Waals surface area (Å²) in [5.74, 6) is 4.84. The Labute approximate surface area is 138 Å². The van der Waals surface area contributed by atoms with Crippen molar-refractivity contribution in [3.63, 3.8) is 0 Å². The lowest BCUT2D eigenvalue weighted by atomic mass is 10.2. The van der Waals surface area contributed by atoms with Crippen LogP contribution in [0.25, 0.3) is 0 Å². The molecule has 0 fully saturated rings. The van der Waals surface area contributed by atoms with Crippen molar-refractivity contribution in [3.8, 4) is 17.6 Å². The van der Waals surface area contributed by atoms with Gasteiger partial charge in [-0.3, -0.25) is 4.99 Å². The maximum atomic E-state index is 13.0. The predicted octanol–water partition coefficient (Wildman–Crippen LogP) is 4.12. The van der Waals surface area contributed by atoms with Gasteiger partial charge in [-0.2, -0.15) is 13.2 Å². The molecular weight excluding hydrogens is 317 g/mol. The third kappa shape index (κ3) is 5.36. The lowest BCUT2D eigenvalue weighted by Gasteiger charge is -2.13. The van der Waals surface area contributed by atoms with Gasteiger partial charge in [-0.25, -0.2) is 0 Å². The molecule has 0 heterocycles. The number of benzene rings is 2. The molecule has 0 aliphatic heterocycles. The summed E-state index contributed by atoms with van der Waals surface area (Å²) in [6, 6.07) is 15.1. The monoisotopic (exact) mass is 332 g/mol. The number of ether oxygens (including phenoxy) is 1. The summed E-state index contributed by atoms with van der Waals surface area (Å²) < 4.78 is 44.1. The van der Waals surface area contributed by atoms with E-state index in [9.17, 15) is 13.2 Å². The van der Waals surface area contributed by atoms with Gasteiger partial charge in [-0.05, 0) is 36.4 Å². The van der Waals surface area contributed by atoms with Crippen LogP contribution in [0.5, 0.6) is 5.75 Å². The second-order valence-corrected chi connectivity index (χ2v) is 4.68. The Hall–Kier alpha value is -2.94. The largest absolute Gasteiger partial charge is 0.497 e. The minimum Gasteiger partial charge on any atom is -0.497 e. The summed E-state index contributed by atoms with van der Waals surface area (Å²) in [7, 11) is 1.48. The van der Waals surface area contributed by atoms with Gasteiger partial charge in [0.15, 0.2) is 0 Å². The van der Waals surface area contributed by atoms with E-state index in [-0.39, 0.29) is 12.2 Å². The highest BCUT2D eigenvalue weighted by atomic mass is 19.4. The van der Waals surface area contributed by atoms with Crippen LogP contribution in [0.2, 0.25) is 0 Å². The number of alkyl halides is 3. The molecule has 0 spiro atoms. The Morgan fingerprint density at radius 3 is 2.33 bits per heavy atom. The Morgan fingerprint density at radius 1 is 1.08 bits per heavy atom. The molecule has 124 valence electrons. The molecule has 0 aromatic heterocycles. The van der Waals surface area contributed by atoms with E-state index in [0.29, 0.717) is 5.75 Å². The smallest absolute Gasteiger partial charge is 0.449 e. The van der Waals surface area contributed by atoms with Crippen molar-refractivity contribution >= 4 is 11.5 Å². The fraction of sp³-hybridized carbons (Fsp3) is 0.167. The van der Waals surface area contributed by atoms with E-state index >= 15 is 0 Å². The first-order valence-electron chi connectivity index (χ1n) is 7.05. The molecule has 24 heavy (non-hydrogen) atoms. The lowest BCUT2D eigenvalue weighted by Crippen LogP contribution is -2.30. The third-order valence-corrected chi connectivity index (χ3v) is 2.94. The number of hydrogen-bond donors (Lipinski definition) is 1. The molecule has 2 aromatic rings. The van der Waals surface area contributed by atoms with Gasteiger partial charge >= 0.3 is 6.18 Å². The predicted molar refractivity (Wildman–Crippen MR) is 88.3 cm³/mol. The second kappa shape index (κ2) is 8.06. The number of rotatable bonds is 3. The Kier molecular flexibility index (Phi) is 5.85. The Morgan fingerprint density at radius 2 is 1.75 bits per heavy atom. The number of hydrogen-bond acceptors (Lipinski definition) is 2. The Balaban J connectivity index is 2.09. The SMILES string of the molecule is COc1ccc(NC(=NCC#Cc2ccccc2)C(F)(F)F)cc1. The van der Waals surface area contributed by atoms with Crippen molar-refractivity contribution in [1.82, 2.24) is 0 Å². The van der Waals surface area contributed by atoms with E-state index in [1.165, 1.54) is 19.2 Å². The van der Waals surface area contributed by atoms with Gasteiger partial charge in [0.1, 0.15) is 12.3 Å². The van der Waals surface area contributed by atoms with Gasteiger partial charge in [0.2, 0.25) is 5.84 Å². The molecule has 3 nitrogen and oxygen atoms in total. The van der Waals surface area contributed by atoms with E-state index in [1.807, 2.05) is 6.07 Å². The molecule has 0 radical (unpaired) electrons. The molecule has 0 saturated carbocycles.